The van der Waals surface area contributed by atoms with Gasteiger partial charge in [-0.3, -0.25) is 0 Å². The molecule has 0 radical (unpaired) electrons. The van der Waals surface area contributed by atoms with Crippen molar-refractivity contribution in [3.63, 3.8) is 0 Å². The van der Waals surface area contributed by atoms with E-state index in [1.807, 2.05) is 0 Å². The zero-order valence-electron chi connectivity index (χ0n) is 7.62. The lowest BCUT2D eigenvalue weighted by Crippen LogP contribution is -2.31. The summed E-state index contributed by atoms with van der Waals surface area (Å²) in [5.41, 5.74) is 1.01. The van der Waals surface area contributed by atoms with Gasteiger partial charge in [-0.25, -0.2) is 0 Å². The zero-order chi connectivity index (χ0) is 7.83. The summed E-state index contributed by atoms with van der Waals surface area (Å²) < 4.78 is 0. The molecule has 0 spiro atoms. The van der Waals surface area contributed by atoms with E-state index in [1.54, 1.807) is 0 Å². The Balaban J connectivity index is 2.38. The van der Waals surface area contributed by atoms with Crippen molar-refractivity contribution in [3.8, 4) is 0 Å². The van der Waals surface area contributed by atoms with Crippen LogP contribution in [0, 0.1) is 5.41 Å². The van der Waals surface area contributed by atoms with Crippen molar-refractivity contribution in [2.45, 2.75) is 45.6 Å². The van der Waals surface area contributed by atoms with Crippen molar-refractivity contribution in [2.75, 3.05) is 7.05 Å². The highest BCUT2D eigenvalue weighted by atomic mass is 15.0. The molecule has 0 aromatic rings. The number of hydrogen-bond acceptors (Lipinski definition) is 1. The summed E-state index contributed by atoms with van der Waals surface area (Å²) in [5, 5.41) is 3.41. The molecule has 1 heteroatoms. The highest BCUT2D eigenvalue weighted by molar-refractivity contribution is 5.02. The van der Waals surface area contributed by atoms with Crippen molar-refractivity contribution in [1.29, 1.82) is 0 Å². The molecule has 10 heavy (non-hydrogen) atoms. The Morgan fingerprint density at radius 2 is 1.80 bits per heavy atom. The summed E-state index contributed by atoms with van der Waals surface area (Å²) in [4.78, 5) is 0. The van der Waals surface area contributed by atoms with Crippen LogP contribution in [-0.2, 0) is 0 Å². The lowest BCUT2D eigenvalue weighted by Gasteiger charge is -2.25. The van der Waals surface area contributed by atoms with E-state index in [1.165, 1.54) is 19.3 Å². The normalized spacial score (nSPS) is 22.8. The molecule has 0 bridgehead atoms. The Hall–Kier alpha value is -0.0400. The Labute approximate surface area is 64.2 Å². The third kappa shape index (κ3) is 1.98. The van der Waals surface area contributed by atoms with Crippen molar-refractivity contribution >= 4 is 0 Å². The summed E-state index contributed by atoms with van der Waals surface area (Å²) in [6, 6.07) is 0. The lowest BCUT2D eigenvalue weighted by molar-refractivity contribution is 0.305. The summed E-state index contributed by atoms with van der Waals surface area (Å²) in [6.07, 6.45) is 4.07. The molecule has 0 saturated heterocycles. The maximum absolute atomic E-state index is 3.41. The fraction of sp³-hybridized carbons (Fsp3) is 1.00. The quantitative estimate of drug-likeness (QED) is 0.621. The first-order chi connectivity index (χ1) is 4.47. The number of rotatable bonds is 2. The van der Waals surface area contributed by atoms with Crippen LogP contribution in [0.15, 0.2) is 0 Å². The van der Waals surface area contributed by atoms with Crippen LogP contribution in [0.2, 0.25) is 0 Å². The summed E-state index contributed by atoms with van der Waals surface area (Å²) in [6.45, 7) is 6.93. The molecule has 0 unspecified atom stereocenters. The Bertz CT molecular complexity index is 117. The standard InChI is InChI=1S/C9H19N/c1-8(2,3)7-9(10-4)5-6-9/h10H,5-7H2,1-4H3. The Morgan fingerprint density at radius 3 is 1.90 bits per heavy atom. The molecule has 0 amide bonds. The molecular formula is C9H19N. The smallest absolute Gasteiger partial charge is 0.0184 e. The van der Waals surface area contributed by atoms with Crippen LogP contribution in [0.4, 0.5) is 0 Å². The minimum absolute atomic E-state index is 0.486. The predicted molar refractivity (Wildman–Crippen MR) is 45.1 cm³/mol. The largest absolute Gasteiger partial charge is 0.314 e. The highest BCUT2D eigenvalue weighted by Gasteiger charge is 2.43. The van der Waals surface area contributed by atoms with Crippen LogP contribution < -0.4 is 5.32 Å². The molecule has 1 fully saturated rings. The molecule has 1 saturated carbocycles. The van der Waals surface area contributed by atoms with Crippen molar-refractivity contribution < 1.29 is 0 Å². The van der Waals surface area contributed by atoms with Gasteiger partial charge in [0.1, 0.15) is 0 Å². The second-order valence-electron chi connectivity index (χ2n) is 4.77. The third-order valence-corrected chi connectivity index (χ3v) is 2.25. The molecule has 60 valence electrons. The molecule has 0 heterocycles. The first-order valence-electron chi connectivity index (χ1n) is 4.16. The molecule has 1 nitrogen and oxygen atoms in total. The number of nitrogens with one attached hydrogen (secondary N) is 1. The van der Waals surface area contributed by atoms with Gasteiger partial charge in [0.25, 0.3) is 0 Å². The SMILES string of the molecule is CNC1(CC(C)(C)C)CC1. The average molecular weight is 141 g/mol. The first kappa shape index (κ1) is 8.06. The molecule has 0 aliphatic heterocycles. The second-order valence-corrected chi connectivity index (χ2v) is 4.77. The van der Waals surface area contributed by atoms with Crippen LogP contribution in [0.3, 0.4) is 0 Å². The Morgan fingerprint density at radius 1 is 1.30 bits per heavy atom. The van der Waals surface area contributed by atoms with Gasteiger partial charge < -0.3 is 5.32 Å². The lowest BCUT2D eigenvalue weighted by atomic mass is 9.87. The molecule has 1 aliphatic carbocycles. The molecule has 1 aliphatic rings. The van der Waals surface area contributed by atoms with E-state index in [9.17, 15) is 0 Å². The molecular weight excluding hydrogens is 122 g/mol. The Kier molecular flexibility index (Phi) is 1.80. The topological polar surface area (TPSA) is 12.0 Å². The van der Waals surface area contributed by atoms with E-state index in [-0.39, 0.29) is 0 Å². The van der Waals surface area contributed by atoms with E-state index in [0.29, 0.717) is 11.0 Å². The third-order valence-electron chi connectivity index (χ3n) is 2.25. The molecule has 1 N–H and O–H groups in total. The molecule has 0 aromatic carbocycles. The van der Waals surface area contributed by atoms with Crippen molar-refractivity contribution in [1.82, 2.24) is 5.32 Å². The van der Waals surface area contributed by atoms with Gasteiger partial charge in [0.05, 0.1) is 0 Å². The van der Waals surface area contributed by atoms with Crippen LogP contribution in [0.25, 0.3) is 0 Å². The molecule has 0 atom stereocenters. The van der Waals surface area contributed by atoms with Crippen LogP contribution in [0.5, 0.6) is 0 Å². The average Bonchev–Trinajstić information content (AvgIpc) is 2.45. The van der Waals surface area contributed by atoms with Gasteiger partial charge >= 0.3 is 0 Å². The summed E-state index contributed by atoms with van der Waals surface area (Å²) >= 11 is 0. The fourth-order valence-electron chi connectivity index (χ4n) is 1.68. The predicted octanol–water partition coefficient (Wildman–Crippen LogP) is 2.17. The van der Waals surface area contributed by atoms with Gasteiger partial charge in [0.2, 0.25) is 0 Å². The minimum Gasteiger partial charge on any atom is -0.314 e. The summed E-state index contributed by atoms with van der Waals surface area (Å²) in [7, 11) is 2.08. The number of hydrogen-bond donors (Lipinski definition) is 1. The van der Waals surface area contributed by atoms with E-state index >= 15 is 0 Å². The highest BCUT2D eigenvalue weighted by Crippen LogP contribution is 2.43. The van der Waals surface area contributed by atoms with Gasteiger partial charge in [0, 0.05) is 5.54 Å². The fourth-order valence-corrected chi connectivity index (χ4v) is 1.68. The van der Waals surface area contributed by atoms with Crippen LogP contribution >= 0.6 is 0 Å². The van der Waals surface area contributed by atoms with E-state index < -0.39 is 0 Å². The van der Waals surface area contributed by atoms with Gasteiger partial charge in [-0.05, 0) is 31.7 Å². The van der Waals surface area contributed by atoms with Gasteiger partial charge in [-0.1, -0.05) is 20.8 Å². The maximum Gasteiger partial charge on any atom is 0.0184 e. The zero-order valence-corrected chi connectivity index (χ0v) is 7.62. The second kappa shape index (κ2) is 2.23. The first-order valence-corrected chi connectivity index (χ1v) is 4.16. The van der Waals surface area contributed by atoms with E-state index in [4.69, 9.17) is 0 Å². The van der Waals surface area contributed by atoms with E-state index in [2.05, 4.69) is 33.1 Å². The van der Waals surface area contributed by atoms with E-state index in [0.717, 1.165) is 0 Å². The van der Waals surface area contributed by atoms with Crippen LogP contribution in [-0.4, -0.2) is 12.6 Å². The molecule has 1 rings (SSSR count). The van der Waals surface area contributed by atoms with Gasteiger partial charge in [-0.15, -0.1) is 0 Å². The van der Waals surface area contributed by atoms with Gasteiger partial charge in [0.15, 0.2) is 0 Å². The van der Waals surface area contributed by atoms with Crippen molar-refractivity contribution in [2.24, 2.45) is 5.41 Å². The van der Waals surface area contributed by atoms with Crippen LogP contribution in [0.1, 0.15) is 40.0 Å². The molecule has 0 aromatic heterocycles. The monoisotopic (exact) mass is 141 g/mol. The maximum atomic E-state index is 3.41. The van der Waals surface area contributed by atoms with Gasteiger partial charge in [-0.2, -0.15) is 0 Å². The van der Waals surface area contributed by atoms with Crippen molar-refractivity contribution in [3.05, 3.63) is 0 Å². The summed E-state index contributed by atoms with van der Waals surface area (Å²) in [5.74, 6) is 0. The minimum atomic E-state index is 0.486.